The predicted octanol–water partition coefficient (Wildman–Crippen LogP) is 3.32. The summed E-state index contributed by atoms with van der Waals surface area (Å²) in [4.78, 5) is 8.38. The van der Waals surface area contributed by atoms with E-state index in [4.69, 9.17) is 69.6 Å². The highest BCUT2D eigenvalue weighted by atomic mass is 35.5. The second-order valence-electron chi connectivity index (χ2n) is 1.84. The molecule has 12 heavy (non-hydrogen) atoms. The molecule has 9 heteroatoms. The Labute approximate surface area is 97.5 Å². The zero-order chi connectivity index (χ0) is 9.62. The summed E-state index contributed by atoms with van der Waals surface area (Å²) in [6.45, 7) is 0. The van der Waals surface area contributed by atoms with E-state index in [0.717, 1.165) is 0 Å². The maximum atomic E-state index is 5.56. The Balaban J connectivity index is 2.99. The van der Waals surface area contributed by atoms with Crippen molar-refractivity contribution in [2.75, 3.05) is 0 Å². The first kappa shape index (κ1) is 11.7. The van der Waals surface area contributed by atoms with Gasteiger partial charge in [0, 0.05) is 0 Å². The molecular formula is C3Cl6O3. The van der Waals surface area contributed by atoms with E-state index in [-0.39, 0.29) is 0 Å². The zero-order valence-electron chi connectivity index (χ0n) is 4.99. The van der Waals surface area contributed by atoms with Crippen molar-refractivity contribution in [2.45, 2.75) is 13.4 Å². The van der Waals surface area contributed by atoms with Gasteiger partial charge in [0.1, 0.15) is 0 Å². The number of hydrogen-bond acceptors (Lipinski definition) is 3. The van der Waals surface area contributed by atoms with Crippen LogP contribution >= 0.6 is 69.6 Å². The number of rotatable bonds is 0. The van der Waals surface area contributed by atoms with E-state index in [1.807, 2.05) is 0 Å². The molecule has 0 bridgehead atoms. The maximum Gasteiger partial charge on any atom is 0.291 e. The van der Waals surface area contributed by atoms with Crippen LogP contribution in [0.4, 0.5) is 0 Å². The highest BCUT2D eigenvalue weighted by molar-refractivity contribution is 6.68. The van der Waals surface area contributed by atoms with Gasteiger partial charge in [0.25, 0.3) is 9.04 Å². The summed E-state index contributed by atoms with van der Waals surface area (Å²) in [6, 6.07) is 0. The fourth-order valence-electron chi connectivity index (χ4n) is 0.377. The summed E-state index contributed by atoms with van der Waals surface area (Å²) in [5.41, 5.74) is 0. The summed E-state index contributed by atoms with van der Waals surface area (Å²) < 4.78 is -6.35. The van der Waals surface area contributed by atoms with E-state index in [1.165, 1.54) is 0 Å². The molecule has 0 amide bonds. The van der Waals surface area contributed by atoms with Crippen LogP contribution in [0.3, 0.4) is 0 Å². The normalized spacial score (nSPS) is 31.5. The summed E-state index contributed by atoms with van der Waals surface area (Å²) >= 11 is 32.9. The van der Waals surface area contributed by atoms with E-state index in [1.54, 1.807) is 0 Å². The lowest BCUT2D eigenvalue weighted by Crippen LogP contribution is -2.56. The minimum Gasteiger partial charge on any atom is -0.163 e. The van der Waals surface area contributed by atoms with Crippen LogP contribution in [0.5, 0.6) is 0 Å². The first-order valence-corrected chi connectivity index (χ1v) is 4.64. The van der Waals surface area contributed by atoms with Gasteiger partial charge in [-0.25, -0.2) is 0 Å². The zero-order valence-corrected chi connectivity index (χ0v) is 9.53. The average molecular weight is 297 g/mol. The second kappa shape index (κ2) is 3.33. The second-order valence-corrected chi connectivity index (χ2v) is 5.69. The van der Waals surface area contributed by atoms with Crippen molar-refractivity contribution in [3.8, 4) is 0 Å². The van der Waals surface area contributed by atoms with Crippen molar-refractivity contribution < 1.29 is 14.8 Å². The molecule has 1 fully saturated rings. The Morgan fingerprint density at radius 1 is 0.667 bits per heavy atom. The number of halogens is 6. The molecule has 1 heterocycles. The third kappa shape index (κ3) is 1.72. The van der Waals surface area contributed by atoms with Crippen LogP contribution < -0.4 is 0 Å². The van der Waals surface area contributed by atoms with E-state index in [2.05, 4.69) is 14.8 Å². The molecule has 3 nitrogen and oxygen atoms in total. The Hall–Kier alpha value is 1.62. The molecule has 0 spiro atoms. The van der Waals surface area contributed by atoms with E-state index in [0.29, 0.717) is 0 Å². The molecule has 0 saturated carbocycles. The highest BCUT2D eigenvalue weighted by Crippen LogP contribution is 2.57. The van der Waals surface area contributed by atoms with Crippen LogP contribution in [0.1, 0.15) is 0 Å². The molecule has 0 aromatic carbocycles. The third-order valence-corrected chi connectivity index (χ3v) is 4.23. The van der Waals surface area contributed by atoms with Gasteiger partial charge in [-0.15, -0.1) is 0 Å². The van der Waals surface area contributed by atoms with E-state index < -0.39 is 13.4 Å². The Kier molecular flexibility index (Phi) is 3.25. The monoisotopic (exact) mass is 294 g/mol. The van der Waals surface area contributed by atoms with Crippen LogP contribution in [0, 0.1) is 0 Å². The molecule has 72 valence electrons. The standard InChI is InChI=1S/C3Cl6O3/c4-1(5)2(6,7)10-12-11-3(1,8)9. The topological polar surface area (TPSA) is 27.7 Å². The van der Waals surface area contributed by atoms with Crippen LogP contribution in [0.2, 0.25) is 0 Å². The third-order valence-electron chi connectivity index (χ3n) is 1.01. The summed E-state index contributed by atoms with van der Waals surface area (Å²) in [5.74, 6) is 0. The molecule has 0 N–H and O–H groups in total. The number of alkyl halides is 6. The Morgan fingerprint density at radius 2 is 1.00 bits per heavy atom. The molecule has 0 aliphatic carbocycles. The molecule has 0 atom stereocenters. The van der Waals surface area contributed by atoms with Crippen LogP contribution in [-0.2, 0) is 14.8 Å². The molecule has 1 aliphatic heterocycles. The maximum absolute atomic E-state index is 5.56. The van der Waals surface area contributed by atoms with Gasteiger partial charge >= 0.3 is 0 Å². The average Bonchev–Trinajstić information content (AvgIpc) is 1.83. The van der Waals surface area contributed by atoms with E-state index >= 15 is 0 Å². The molecule has 1 rings (SSSR count). The summed E-state index contributed by atoms with van der Waals surface area (Å²) in [5, 5.41) is 3.94. The minimum absolute atomic E-state index is 2.09. The molecular weight excluding hydrogens is 297 g/mol. The van der Waals surface area contributed by atoms with Gasteiger partial charge in [0.2, 0.25) is 4.33 Å². The smallest absolute Gasteiger partial charge is 0.163 e. The van der Waals surface area contributed by atoms with Crippen molar-refractivity contribution in [3.63, 3.8) is 0 Å². The Morgan fingerprint density at radius 3 is 1.25 bits per heavy atom. The molecule has 1 aliphatic rings. The van der Waals surface area contributed by atoms with Gasteiger partial charge in [0.15, 0.2) is 0 Å². The van der Waals surface area contributed by atoms with Crippen LogP contribution in [-0.4, -0.2) is 13.4 Å². The van der Waals surface area contributed by atoms with Crippen molar-refractivity contribution in [2.24, 2.45) is 0 Å². The van der Waals surface area contributed by atoms with Gasteiger partial charge in [-0.05, 0) is 0 Å². The molecule has 0 unspecified atom stereocenters. The predicted molar refractivity (Wildman–Crippen MR) is 46.6 cm³/mol. The quantitative estimate of drug-likeness (QED) is 0.507. The summed E-state index contributed by atoms with van der Waals surface area (Å²) in [7, 11) is 0. The van der Waals surface area contributed by atoms with Gasteiger partial charge in [0.05, 0.1) is 0 Å². The summed E-state index contributed by atoms with van der Waals surface area (Å²) in [6.07, 6.45) is 0. The van der Waals surface area contributed by atoms with Gasteiger partial charge in [-0.2, -0.15) is 9.78 Å². The van der Waals surface area contributed by atoms with Crippen molar-refractivity contribution in [1.29, 1.82) is 0 Å². The SMILES string of the molecule is ClC1(Cl)OOOC(Cl)(Cl)C1(Cl)Cl. The molecule has 0 aromatic rings. The van der Waals surface area contributed by atoms with Gasteiger partial charge in [-0.1, -0.05) is 74.6 Å². The van der Waals surface area contributed by atoms with E-state index in [9.17, 15) is 0 Å². The molecule has 1 saturated heterocycles. The highest BCUT2D eigenvalue weighted by Gasteiger charge is 2.68. The Bertz CT molecular complexity index is 172. The van der Waals surface area contributed by atoms with Crippen LogP contribution in [0.15, 0.2) is 0 Å². The molecule has 0 radical (unpaired) electrons. The van der Waals surface area contributed by atoms with Crippen molar-refractivity contribution in [1.82, 2.24) is 0 Å². The minimum atomic E-state index is -2.13. The first-order chi connectivity index (χ1) is 5.21. The van der Waals surface area contributed by atoms with Gasteiger partial charge in [-0.3, -0.25) is 0 Å². The lowest BCUT2D eigenvalue weighted by Gasteiger charge is -2.40. The lowest BCUT2D eigenvalue weighted by molar-refractivity contribution is -0.561. The first-order valence-electron chi connectivity index (χ1n) is 2.38. The van der Waals surface area contributed by atoms with Crippen molar-refractivity contribution >= 4 is 69.6 Å². The molecule has 0 aromatic heterocycles. The van der Waals surface area contributed by atoms with Gasteiger partial charge < -0.3 is 0 Å². The largest absolute Gasteiger partial charge is 0.291 e. The van der Waals surface area contributed by atoms with Crippen LogP contribution in [0.25, 0.3) is 0 Å². The lowest BCUT2D eigenvalue weighted by atomic mass is 10.4. The van der Waals surface area contributed by atoms with Crippen molar-refractivity contribution in [3.05, 3.63) is 0 Å². The number of hydrogen-bond donors (Lipinski definition) is 0. The fraction of sp³-hybridized carbons (Fsp3) is 1.00. The fourth-order valence-corrected chi connectivity index (χ4v) is 1.33.